The number of thiophene rings is 8. The molecule has 0 aliphatic carbocycles. The molecule has 0 aromatic carbocycles. The molecule has 2 amide bonds. The number of nitrogens with one attached hydrogen (secondary N) is 2. The number of carbonyl (C=O) groups is 2. The van der Waals surface area contributed by atoms with Crippen LogP contribution >= 0.6 is 90.7 Å². The van der Waals surface area contributed by atoms with E-state index in [-0.39, 0.29) is 11.8 Å². The molecule has 0 unspecified atom stereocenters. The number of carbonyl (C=O) groups excluding carboxylic acids is 2. The quantitative estimate of drug-likeness (QED) is 0.0842. The highest BCUT2D eigenvalue weighted by molar-refractivity contribution is 7.29. The second-order valence-electron chi connectivity index (χ2n) is 15.5. The highest BCUT2D eigenvalue weighted by atomic mass is 32.1. The zero-order valence-electron chi connectivity index (χ0n) is 34.4. The lowest BCUT2D eigenvalue weighted by Gasteiger charge is -2.04. The fraction of sp³-hybridized carbons (Fsp3) is 0.240. The Hall–Kier alpha value is -3.98. The Morgan fingerprint density at radius 2 is 0.581 bits per heavy atom. The van der Waals surface area contributed by atoms with Crippen LogP contribution in [0.15, 0.2) is 108 Å². The monoisotopic (exact) mass is 960 g/mol. The van der Waals surface area contributed by atoms with Crippen molar-refractivity contribution in [3.8, 4) is 58.5 Å². The van der Waals surface area contributed by atoms with Gasteiger partial charge in [-0.2, -0.15) is 0 Å². The highest BCUT2D eigenvalue weighted by Crippen LogP contribution is 2.48. The summed E-state index contributed by atoms with van der Waals surface area (Å²) in [6.45, 7) is 4.52. The summed E-state index contributed by atoms with van der Waals surface area (Å²) in [5, 5.41) is 6.14. The molecule has 0 atom stereocenters. The predicted octanol–water partition coefficient (Wildman–Crippen LogP) is 16.8. The van der Waals surface area contributed by atoms with Gasteiger partial charge in [0.2, 0.25) is 0 Å². The summed E-state index contributed by atoms with van der Waals surface area (Å²) in [6, 6.07) is 35.2. The van der Waals surface area contributed by atoms with Gasteiger partial charge in [0.25, 0.3) is 11.8 Å². The van der Waals surface area contributed by atoms with Gasteiger partial charge in [0, 0.05) is 68.3 Å². The molecular weight excluding hydrogens is 917 g/mol. The van der Waals surface area contributed by atoms with Crippen molar-refractivity contribution in [2.24, 2.45) is 0 Å². The second-order valence-corrected chi connectivity index (χ2v) is 24.4. The molecule has 10 heterocycles. The summed E-state index contributed by atoms with van der Waals surface area (Å²) in [6.07, 6.45) is 12.7. The summed E-state index contributed by atoms with van der Waals surface area (Å²) in [5.41, 5.74) is 2.06. The van der Waals surface area contributed by atoms with E-state index in [0.717, 1.165) is 19.5 Å². The lowest BCUT2D eigenvalue weighted by Crippen LogP contribution is -2.20. The van der Waals surface area contributed by atoms with E-state index >= 15 is 0 Å². The molecule has 0 saturated carbocycles. The Kier molecular flexibility index (Phi) is 12.6. The Labute approximate surface area is 395 Å². The number of rotatable bonds is 18. The van der Waals surface area contributed by atoms with Crippen LogP contribution in [0.2, 0.25) is 0 Å². The molecule has 2 aliphatic heterocycles. The molecule has 0 saturated heterocycles. The summed E-state index contributed by atoms with van der Waals surface area (Å²) < 4.78 is 0. The van der Waals surface area contributed by atoms with Crippen LogP contribution in [-0.2, 0) is 22.4 Å². The lowest BCUT2D eigenvalue weighted by atomic mass is 10.1. The van der Waals surface area contributed by atoms with Gasteiger partial charge in [-0.3, -0.25) is 9.59 Å². The standard InChI is InChI=1S/C50H44N2O2S8/c1-3-5-7-9-11-29-13-15-31(55-29)33-17-19-35(57-33)37-21-23-39(59-37)41-25-27-43(61-41)47-45-46(50(54)51-47)48(52-49(45)53)44-28-26-42(62-44)40-24-22-38(60-40)36-20-18-34(58-36)32-16-14-30(56-32)12-10-8-6-4-2/h13-28H,3-12H2,1-2H3,(H,51,54)(H,52,53). The molecule has 0 spiro atoms. The SMILES string of the molecule is CCCCCCc1ccc(-c2ccc(-c3ccc(-c4ccc(C5=C6C(=O)NC(c7ccc(-c8ccc(-c9ccc(-c%10ccc(CCCCCC)s%10)s9)s8)s7)=C6C(=O)N5)s4)s3)s2)s1. The first-order valence-corrected chi connectivity index (χ1v) is 27.9. The van der Waals surface area contributed by atoms with Crippen LogP contribution in [-0.4, -0.2) is 11.8 Å². The number of hydrogen-bond acceptors (Lipinski definition) is 10. The first-order valence-electron chi connectivity index (χ1n) is 21.3. The maximum atomic E-state index is 13.6. The number of unbranched alkanes of at least 4 members (excludes halogenated alkanes) is 6. The molecule has 10 rings (SSSR count). The van der Waals surface area contributed by atoms with Gasteiger partial charge in [-0.25, -0.2) is 0 Å². The molecule has 314 valence electrons. The van der Waals surface area contributed by atoms with Gasteiger partial charge in [-0.05, 0) is 123 Å². The number of amides is 2. The van der Waals surface area contributed by atoms with E-state index < -0.39 is 0 Å². The molecule has 62 heavy (non-hydrogen) atoms. The van der Waals surface area contributed by atoms with Gasteiger partial charge in [-0.1, -0.05) is 52.4 Å². The molecule has 0 fully saturated rings. The zero-order valence-corrected chi connectivity index (χ0v) is 40.9. The van der Waals surface area contributed by atoms with E-state index in [1.165, 1.54) is 123 Å². The fourth-order valence-electron chi connectivity index (χ4n) is 7.91. The van der Waals surface area contributed by atoms with E-state index in [4.69, 9.17) is 0 Å². The molecule has 2 N–H and O–H groups in total. The van der Waals surface area contributed by atoms with Gasteiger partial charge in [0.1, 0.15) is 0 Å². The summed E-state index contributed by atoms with van der Waals surface area (Å²) >= 11 is 14.3. The van der Waals surface area contributed by atoms with Crippen LogP contribution in [0.3, 0.4) is 0 Å². The minimum Gasteiger partial charge on any atom is -0.320 e. The normalized spacial score (nSPS) is 13.8. The summed E-state index contributed by atoms with van der Waals surface area (Å²) in [4.78, 5) is 46.9. The minimum absolute atomic E-state index is 0.240. The van der Waals surface area contributed by atoms with Crippen molar-refractivity contribution in [3.63, 3.8) is 0 Å². The molecule has 0 bridgehead atoms. The van der Waals surface area contributed by atoms with E-state index in [2.05, 4.69) is 109 Å². The molecule has 8 aromatic heterocycles. The van der Waals surface area contributed by atoms with Gasteiger partial charge < -0.3 is 10.6 Å². The van der Waals surface area contributed by atoms with Crippen molar-refractivity contribution in [3.05, 3.63) is 128 Å². The largest absolute Gasteiger partial charge is 0.320 e. The third-order valence-electron chi connectivity index (χ3n) is 11.1. The van der Waals surface area contributed by atoms with Crippen LogP contribution in [0.5, 0.6) is 0 Å². The van der Waals surface area contributed by atoms with Crippen molar-refractivity contribution >= 4 is 114 Å². The van der Waals surface area contributed by atoms with Crippen molar-refractivity contribution in [1.82, 2.24) is 10.6 Å². The lowest BCUT2D eigenvalue weighted by molar-refractivity contribution is -0.117. The Morgan fingerprint density at radius 3 is 0.887 bits per heavy atom. The number of aryl methyl sites for hydroxylation is 2. The smallest absolute Gasteiger partial charge is 0.258 e. The van der Waals surface area contributed by atoms with Crippen LogP contribution in [0.25, 0.3) is 69.9 Å². The third-order valence-corrected chi connectivity index (χ3v) is 21.2. The van der Waals surface area contributed by atoms with E-state index in [1.807, 2.05) is 57.5 Å². The maximum Gasteiger partial charge on any atom is 0.258 e. The van der Waals surface area contributed by atoms with Gasteiger partial charge in [-0.15, -0.1) is 90.7 Å². The fourth-order valence-corrected chi connectivity index (χ4v) is 16.6. The summed E-state index contributed by atoms with van der Waals surface area (Å²) in [7, 11) is 0. The van der Waals surface area contributed by atoms with Gasteiger partial charge in [0.15, 0.2) is 0 Å². The first kappa shape index (κ1) is 42.0. The molecule has 0 radical (unpaired) electrons. The second kappa shape index (κ2) is 18.6. The van der Waals surface area contributed by atoms with Crippen molar-refractivity contribution < 1.29 is 9.59 Å². The maximum absolute atomic E-state index is 13.6. The zero-order chi connectivity index (χ0) is 42.2. The van der Waals surface area contributed by atoms with Crippen molar-refractivity contribution in [2.45, 2.75) is 78.1 Å². The molecular formula is C50H44N2O2S8. The average molecular weight is 961 g/mol. The van der Waals surface area contributed by atoms with Crippen molar-refractivity contribution in [2.75, 3.05) is 0 Å². The predicted molar refractivity (Wildman–Crippen MR) is 274 cm³/mol. The summed E-state index contributed by atoms with van der Waals surface area (Å²) in [5.74, 6) is -0.480. The van der Waals surface area contributed by atoms with E-state index in [9.17, 15) is 9.59 Å². The highest BCUT2D eigenvalue weighted by Gasteiger charge is 2.41. The number of fused-ring (bicyclic) bond motifs is 1. The van der Waals surface area contributed by atoms with E-state index in [1.54, 1.807) is 45.3 Å². The Morgan fingerprint density at radius 1 is 0.323 bits per heavy atom. The molecule has 4 nitrogen and oxygen atoms in total. The molecule has 8 aromatic rings. The number of hydrogen-bond donors (Lipinski definition) is 2. The van der Waals surface area contributed by atoms with Gasteiger partial charge >= 0.3 is 0 Å². The van der Waals surface area contributed by atoms with Crippen molar-refractivity contribution in [1.29, 1.82) is 0 Å². The Balaban J connectivity index is 0.825. The van der Waals surface area contributed by atoms with Crippen LogP contribution in [0.4, 0.5) is 0 Å². The van der Waals surface area contributed by atoms with E-state index in [0.29, 0.717) is 22.5 Å². The topological polar surface area (TPSA) is 58.2 Å². The first-order chi connectivity index (χ1) is 30.4. The third kappa shape index (κ3) is 8.65. The van der Waals surface area contributed by atoms with Crippen LogP contribution in [0, 0.1) is 0 Å². The Bertz CT molecular complexity index is 2760. The van der Waals surface area contributed by atoms with Gasteiger partial charge in [0.05, 0.1) is 32.3 Å². The minimum atomic E-state index is -0.240. The molecule has 2 aliphatic rings. The molecule has 12 heteroatoms. The van der Waals surface area contributed by atoms with Crippen LogP contribution in [0.1, 0.15) is 84.7 Å². The van der Waals surface area contributed by atoms with Crippen LogP contribution < -0.4 is 10.6 Å². The average Bonchev–Trinajstić information content (AvgIpc) is 4.12.